The van der Waals surface area contributed by atoms with Crippen LogP contribution in [0.4, 0.5) is 0 Å². The van der Waals surface area contributed by atoms with Gasteiger partial charge in [-0.25, -0.2) is 0 Å². The van der Waals surface area contributed by atoms with E-state index in [4.69, 9.17) is 14.2 Å². The van der Waals surface area contributed by atoms with E-state index < -0.39 is 0 Å². The highest BCUT2D eigenvalue weighted by Gasteiger charge is 2.14. The van der Waals surface area contributed by atoms with E-state index in [1.54, 1.807) is 19.2 Å². The zero-order valence-corrected chi connectivity index (χ0v) is 12.5. The summed E-state index contributed by atoms with van der Waals surface area (Å²) in [6.07, 6.45) is 0. The molecule has 0 spiro atoms. The Labute approximate surface area is 128 Å². The van der Waals surface area contributed by atoms with Gasteiger partial charge in [0.15, 0.2) is 11.5 Å². The Hall–Kier alpha value is -2.69. The Morgan fingerprint density at radius 1 is 1.18 bits per heavy atom. The first-order chi connectivity index (χ1) is 10.7. The van der Waals surface area contributed by atoms with Gasteiger partial charge >= 0.3 is 0 Å². The van der Waals surface area contributed by atoms with E-state index in [1.807, 2.05) is 31.2 Å². The largest absolute Gasteiger partial charge is 0.496 e. The standard InChI is InChI=1S/C17H17NO4/c1-11-7-13(4-6-14(11)20-2)17(19)18-9-12-3-5-15-16(8-12)22-10-21-15/h3-8H,9-10H2,1-2H3,(H,18,19). The first kappa shape index (κ1) is 14.3. The van der Waals surface area contributed by atoms with Gasteiger partial charge in [-0.15, -0.1) is 0 Å². The summed E-state index contributed by atoms with van der Waals surface area (Å²) in [7, 11) is 1.61. The maximum atomic E-state index is 12.2. The van der Waals surface area contributed by atoms with Gasteiger partial charge in [0.2, 0.25) is 6.79 Å². The Kier molecular flexibility index (Phi) is 3.87. The van der Waals surface area contributed by atoms with E-state index in [1.165, 1.54) is 0 Å². The monoisotopic (exact) mass is 299 g/mol. The van der Waals surface area contributed by atoms with Crippen LogP contribution >= 0.6 is 0 Å². The van der Waals surface area contributed by atoms with Crippen molar-refractivity contribution >= 4 is 5.91 Å². The van der Waals surface area contributed by atoms with E-state index in [2.05, 4.69) is 5.32 Å². The zero-order valence-electron chi connectivity index (χ0n) is 12.5. The smallest absolute Gasteiger partial charge is 0.251 e. The van der Waals surface area contributed by atoms with Crippen molar-refractivity contribution in [1.82, 2.24) is 5.32 Å². The average molecular weight is 299 g/mol. The third-order valence-electron chi connectivity index (χ3n) is 3.55. The Bertz CT molecular complexity index is 712. The van der Waals surface area contributed by atoms with Crippen LogP contribution in [0, 0.1) is 6.92 Å². The van der Waals surface area contributed by atoms with Gasteiger partial charge in [-0.1, -0.05) is 6.07 Å². The molecule has 3 rings (SSSR count). The number of aryl methyl sites for hydroxylation is 1. The van der Waals surface area contributed by atoms with Crippen molar-refractivity contribution in [3.8, 4) is 17.2 Å². The number of fused-ring (bicyclic) bond motifs is 1. The van der Waals surface area contributed by atoms with Gasteiger partial charge in [0.1, 0.15) is 5.75 Å². The summed E-state index contributed by atoms with van der Waals surface area (Å²) in [6.45, 7) is 2.59. The summed E-state index contributed by atoms with van der Waals surface area (Å²) in [5.74, 6) is 2.10. The van der Waals surface area contributed by atoms with E-state index in [0.717, 1.165) is 22.6 Å². The molecular weight excluding hydrogens is 282 g/mol. The predicted molar refractivity (Wildman–Crippen MR) is 81.5 cm³/mol. The Morgan fingerprint density at radius 3 is 2.77 bits per heavy atom. The molecule has 1 heterocycles. The number of amides is 1. The number of carbonyl (C=O) groups excluding carboxylic acids is 1. The summed E-state index contributed by atoms with van der Waals surface area (Å²) in [5, 5.41) is 2.89. The number of carbonyl (C=O) groups is 1. The minimum Gasteiger partial charge on any atom is -0.496 e. The lowest BCUT2D eigenvalue weighted by Crippen LogP contribution is -2.22. The lowest BCUT2D eigenvalue weighted by Gasteiger charge is -2.09. The molecule has 1 amide bonds. The topological polar surface area (TPSA) is 56.8 Å². The lowest BCUT2D eigenvalue weighted by molar-refractivity contribution is 0.0950. The molecule has 5 nitrogen and oxygen atoms in total. The summed E-state index contributed by atoms with van der Waals surface area (Å²) < 4.78 is 15.8. The molecule has 0 saturated heterocycles. The molecule has 0 bridgehead atoms. The van der Waals surface area contributed by atoms with Crippen LogP contribution in [-0.4, -0.2) is 19.8 Å². The molecule has 0 aromatic heterocycles. The molecule has 0 aliphatic carbocycles. The molecule has 114 valence electrons. The van der Waals surface area contributed by atoms with Crippen molar-refractivity contribution in [2.45, 2.75) is 13.5 Å². The molecule has 2 aromatic carbocycles. The SMILES string of the molecule is COc1ccc(C(=O)NCc2ccc3c(c2)OCO3)cc1C. The van der Waals surface area contributed by atoms with E-state index in [0.29, 0.717) is 17.9 Å². The van der Waals surface area contributed by atoms with Gasteiger partial charge in [-0.05, 0) is 48.4 Å². The number of rotatable bonds is 4. The number of methoxy groups -OCH3 is 1. The van der Waals surface area contributed by atoms with Gasteiger partial charge in [-0.2, -0.15) is 0 Å². The molecule has 1 aliphatic heterocycles. The minimum absolute atomic E-state index is 0.122. The number of hydrogen-bond acceptors (Lipinski definition) is 4. The maximum Gasteiger partial charge on any atom is 0.251 e. The van der Waals surface area contributed by atoms with Crippen LogP contribution in [0.2, 0.25) is 0 Å². The van der Waals surface area contributed by atoms with Crippen molar-refractivity contribution in [3.05, 3.63) is 53.1 Å². The van der Waals surface area contributed by atoms with Gasteiger partial charge in [0.25, 0.3) is 5.91 Å². The van der Waals surface area contributed by atoms with E-state index in [-0.39, 0.29) is 12.7 Å². The highest BCUT2D eigenvalue weighted by Crippen LogP contribution is 2.32. The molecule has 1 N–H and O–H groups in total. The van der Waals surface area contributed by atoms with Crippen molar-refractivity contribution in [1.29, 1.82) is 0 Å². The summed E-state index contributed by atoms with van der Waals surface area (Å²) in [6, 6.07) is 11.0. The van der Waals surface area contributed by atoms with Gasteiger partial charge < -0.3 is 19.5 Å². The molecule has 0 atom stereocenters. The highest BCUT2D eigenvalue weighted by atomic mass is 16.7. The predicted octanol–water partition coefficient (Wildman–Crippen LogP) is 2.66. The number of ether oxygens (including phenoxy) is 3. The molecule has 1 aliphatic rings. The fourth-order valence-corrected chi connectivity index (χ4v) is 2.35. The van der Waals surface area contributed by atoms with Crippen molar-refractivity contribution in [2.24, 2.45) is 0 Å². The highest BCUT2D eigenvalue weighted by molar-refractivity contribution is 5.94. The van der Waals surface area contributed by atoms with Crippen LogP contribution in [0.15, 0.2) is 36.4 Å². The average Bonchev–Trinajstić information content (AvgIpc) is 3.00. The second-order valence-corrected chi connectivity index (χ2v) is 5.05. The third-order valence-corrected chi connectivity index (χ3v) is 3.55. The molecule has 22 heavy (non-hydrogen) atoms. The quantitative estimate of drug-likeness (QED) is 0.943. The molecule has 0 unspecified atom stereocenters. The van der Waals surface area contributed by atoms with Crippen molar-refractivity contribution < 1.29 is 19.0 Å². The first-order valence-corrected chi connectivity index (χ1v) is 6.99. The molecule has 0 saturated carbocycles. The Balaban J connectivity index is 1.66. The number of hydrogen-bond donors (Lipinski definition) is 1. The van der Waals surface area contributed by atoms with E-state index >= 15 is 0 Å². The normalized spacial score (nSPS) is 12.1. The molecule has 0 fully saturated rings. The van der Waals surface area contributed by atoms with Crippen LogP contribution in [0.5, 0.6) is 17.2 Å². The summed E-state index contributed by atoms with van der Waals surface area (Å²) >= 11 is 0. The van der Waals surface area contributed by atoms with Gasteiger partial charge in [0.05, 0.1) is 7.11 Å². The summed E-state index contributed by atoms with van der Waals surface area (Å²) in [5.41, 5.74) is 2.50. The van der Waals surface area contributed by atoms with Crippen LogP contribution in [0.3, 0.4) is 0 Å². The minimum atomic E-state index is -0.122. The maximum absolute atomic E-state index is 12.2. The second-order valence-electron chi connectivity index (χ2n) is 5.05. The molecule has 2 aromatic rings. The third kappa shape index (κ3) is 2.83. The van der Waals surface area contributed by atoms with Crippen LogP contribution in [-0.2, 0) is 6.54 Å². The first-order valence-electron chi connectivity index (χ1n) is 6.99. The lowest BCUT2D eigenvalue weighted by atomic mass is 10.1. The molecule has 0 radical (unpaired) electrons. The Morgan fingerprint density at radius 2 is 2.00 bits per heavy atom. The van der Waals surface area contributed by atoms with Crippen LogP contribution in [0.25, 0.3) is 0 Å². The van der Waals surface area contributed by atoms with Crippen molar-refractivity contribution in [2.75, 3.05) is 13.9 Å². The molecule has 5 heteroatoms. The number of benzene rings is 2. The zero-order chi connectivity index (χ0) is 15.5. The second kappa shape index (κ2) is 5.97. The van der Waals surface area contributed by atoms with E-state index in [9.17, 15) is 4.79 Å². The number of nitrogens with one attached hydrogen (secondary N) is 1. The fourth-order valence-electron chi connectivity index (χ4n) is 2.35. The fraction of sp³-hybridized carbons (Fsp3) is 0.235. The van der Waals surface area contributed by atoms with Gasteiger partial charge in [0, 0.05) is 12.1 Å². The van der Waals surface area contributed by atoms with Crippen molar-refractivity contribution in [3.63, 3.8) is 0 Å². The van der Waals surface area contributed by atoms with Crippen LogP contribution < -0.4 is 19.5 Å². The molecular formula is C17H17NO4. The van der Waals surface area contributed by atoms with Gasteiger partial charge in [-0.3, -0.25) is 4.79 Å². The van der Waals surface area contributed by atoms with Crippen LogP contribution in [0.1, 0.15) is 21.5 Å². The summed E-state index contributed by atoms with van der Waals surface area (Å²) in [4.78, 5) is 12.2.